The molecule has 0 atom stereocenters. The van der Waals surface area contributed by atoms with E-state index < -0.39 is 0 Å². The van der Waals surface area contributed by atoms with Crippen molar-refractivity contribution in [3.8, 4) is 10.1 Å². The number of hydrogen-bond acceptors (Lipinski definition) is 0. The van der Waals surface area contributed by atoms with E-state index in [0.717, 1.165) is 5.92 Å². The molecule has 0 unspecified atom stereocenters. The topological polar surface area (TPSA) is 0 Å². The minimum atomic E-state index is 0.740. The zero-order chi connectivity index (χ0) is 4.41. The molecule has 0 nitrogen and oxygen atoms in total. The summed E-state index contributed by atoms with van der Waals surface area (Å²) < 4.78 is 2.69. The molecule has 1 saturated carbocycles. The molecule has 0 spiro atoms. The van der Waals surface area contributed by atoms with E-state index >= 15 is 0 Å². The van der Waals surface area contributed by atoms with Crippen molar-refractivity contribution < 1.29 is 21.1 Å². The van der Waals surface area contributed by atoms with Crippen molar-refractivity contribution in [2.75, 3.05) is 0 Å². The second kappa shape index (κ2) is 1.84. The molecular formula is C5H5Ag. The Morgan fingerprint density at radius 2 is 2.17 bits per heavy atom. The Hall–Kier alpha value is 0.300. The second-order valence-electron chi connectivity index (χ2n) is 1.49. The second-order valence-corrected chi connectivity index (χ2v) is 1.86. The Kier molecular flexibility index (Phi) is 1.37. The predicted molar refractivity (Wildman–Crippen MR) is 20.5 cm³/mol. The van der Waals surface area contributed by atoms with Gasteiger partial charge < -0.3 is 0 Å². The van der Waals surface area contributed by atoms with E-state index in [1.165, 1.54) is 12.8 Å². The van der Waals surface area contributed by atoms with Crippen molar-refractivity contribution in [2.45, 2.75) is 12.8 Å². The summed E-state index contributed by atoms with van der Waals surface area (Å²) in [5.74, 6) is 3.72. The zero-order valence-corrected chi connectivity index (χ0v) is 4.78. The van der Waals surface area contributed by atoms with Crippen LogP contribution in [-0.4, -0.2) is 0 Å². The van der Waals surface area contributed by atoms with Crippen LogP contribution < -0.4 is 0 Å². The average molecular weight is 173 g/mol. The van der Waals surface area contributed by atoms with E-state index in [-0.39, 0.29) is 0 Å². The quantitative estimate of drug-likeness (QED) is 0.377. The van der Waals surface area contributed by atoms with Crippen molar-refractivity contribution >= 4 is 0 Å². The maximum atomic E-state index is 3.04. The molecule has 0 heterocycles. The maximum absolute atomic E-state index is 3.04. The Bertz CT molecular complexity index is 92.2. The first-order valence-electron chi connectivity index (χ1n) is 2.01. The van der Waals surface area contributed by atoms with Gasteiger partial charge in [-0.15, -0.1) is 0 Å². The molecule has 1 fully saturated rings. The van der Waals surface area contributed by atoms with Crippen LogP contribution in [0.2, 0.25) is 0 Å². The van der Waals surface area contributed by atoms with Crippen molar-refractivity contribution in [2.24, 2.45) is 5.92 Å². The zero-order valence-electron chi connectivity index (χ0n) is 3.29. The van der Waals surface area contributed by atoms with Gasteiger partial charge in [0.05, 0.1) is 0 Å². The van der Waals surface area contributed by atoms with Gasteiger partial charge in [0, 0.05) is 0 Å². The number of hydrogen-bond donors (Lipinski definition) is 0. The summed E-state index contributed by atoms with van der Waals surface area (Å²) in [5.41, 5.74) is 0. The van der Waals surface area contributed by atoms with E-state index in [9.17, 15) is 0 Å². The molecule has 6 heavy (non-hydrogen) atoms. The van der Waals surface area contributed by atoms with Crippen LogP contribution in [0.25, 0.3) is 0 Å². The standard InChI is InChI=1S/C5H5.Ag/c1-2-5-3-4-5;/h5H,3-4H2;. The molecule has 1 aliphatic carbocycles. The third kappa shape index (κ3) is 1.18. The summed E-state index contributed by atoms with van der Waals surface area (Å²) >= 11 is 3.04. The van der Waals surface area contributed by atoms with Crippen LogP contribution in [0.15, 0.2) is 0 Å². The summed E-state index contributed by atoms with van der Waals surface area (Å²) in [6.45, 7) is 0. The first-order chi connectivity index (χ1) is 2.93. The molecule has 0 N–H and O–H groups in total. The molecule has 1 rings (SSSR count). The Morgan fingerprint density at radius 3 is 2.33 bits per heavy atom. The van der Waals surface area contributed by atoms with Crippen LogP contribution >= 0.6 is 0 Å². The number of rotatable bonds is 0. The summed E-state index contributed by atoms with van der Waals surface area (Å²) in [4.78, 5) is 0. The van der Waals surface area contributed by atoms with Crippen LogP contribution in [0.1, 0.15) is 12.8 Å². The molecule has 0 aromatic rings. The van der Waals surface area contributed by atoms with Gasteiger partial charge >= 0.3 is 49.9 Å². The molecule has 0 aliphatic heterocycles. The summed E-state index contributed by atoms with van der Waals surface area (Å²) in [6.07, 6.45) is 2.64. The fourth-order valence-electron chi connectivity index (χ4n) is 0.289. The van der Waals surface area contributed by atoms with Gasteiger partial charge in [-0.2, -0.15) is 0 Å². The molecule has 0 saturated heterocycles. The van der Waals surface area contributed by atoms with E-state index in [2.05, 4.69) is 31.1 Å². The van der Waals surface area contributed by atoms with Crippen molar-refractivity contribution in [1.29, 1.82) is 0 Å². The van der Waals surface area contributed by atoms with Crippen LogP contribution in [0.3, 0.4) is 0 Å². The Labute approximate surface area is 50.2 Å². The van der Waals surface area contributed by atoms with E-state index in [4.69, 9.17) is 0 Å². The molecule has 1 aliphatic rings. The van der Waals surface area contributed by atoms with Gasteiger partial charge in [0.1, 0.15) is 0 Å². The third-order valence-corrected chi connectivity index (χ3v) is 1.04. The van der Waals surface area contributed by atoms with E-state index in [1.54, 1.807) is 0 Å². The molecule has 0 bridgehead atoms. The molecule has 1 heteroatoms. The van der Waals surface area contributed by atoms with Gasteiger partial charge in [0.25, 0.3) is 0 Å². The normalized spacial score (nSPS) is 19.0. The first-order valence-corrected chi connectivity index (χ1v) is 2.75. The minimum absolute atomic E-state index is 0.740. The van der Waals surface area contributed by atoms with Crippen molar-refractivity contribution in [3.05, 3.63) is 0 Å². The predicted octanol–water partition coefficient (Wildman–Crippen LogP) is 0.904. The molecule has 36 valence electrons. The molecule has 0 amide bonds. The first kappa shape index (κ1) is 4.46. The monoisotopic (exact) mass is 172 g/mol. The average Bonchev–Trinajstić information content (AvgIpc) is 2.21. The van der Waals surface area contributed by atoms with Crippen LogP contribution in [0.4, 0.5) is 0 Å². The molecule has 0 aromatic carbocycles. The van der Waals surface area contributed by atoms with Gasteiger partial charge in [-0.25, -0.2) is 0 Å². The summed E-state index contributed by atoms with van der Waals surface area (Å²) in [6, 6.07) is 0. The van der Waals surface area contributed by atoms with Crippen LogP contribution in [-0.2, 0) is 21.1 Å². The van der Waals surface area contributed by atoms with Gasteiger partial charge in [-0.1, -0.05) is 0 Å². The van der Waals surface area contributed by atoms with Crippen LogP contribution in [0, 0.1) is 16.0 Å². The summed E-state index contributed by atoms with van der Waals surface area (Å²) in [7, 11) is 0. The van der Waals surface area contributed by atoms with Crippen molar-refractivity contribution in [1.82, 2.24) is 0 Å². The van der Waals surface area contributed by atoms with Gasteiger partial charge in [0.2, 0.25) is 0 Å². The molecule has 0 radical (unpaired) electrons. The third-order valence-electron chi connectivity index (χ3n) is 0.825. The van der Waals surface area contributed by atoms with Gasteiger partial charge in [-0.05, 0) is 0 Å². The van der Waals surface area contributed by atoms with Crippen LogP contribution in [0.5, 0.6) is 0 Å². The van der Waals surface area contributed by atoms with Gasteiger partial charge in [0.15, 0.2) is 0 Å². The fourth-order valence-corrected chi connectivity index (χ4v) is 0.592. The SMILES string of the molecule is [Ag][C]#CC1CC1. The van der Waals surface area contributed by atoms with Gasteiger partial charge in [-0.3, -0.25) is 0 Å². The van der Waals surface area contributed by atoms with Crippen molar-refractivity contribution in [3.63, 3.8) is 0 Å². The Balaban J connectivity index is 2.27. The molecular weight excluding hydrogens is 168 g/mol. The van der Waals surface area contributed by atoms with E-state index in [0.29, 0.717) is 0 Å². The fraction of sp³-hybridized carbons (Fsp3) is 0.600. The Morgan fingerprint density at radius 1 is 1.50 bits per heavy atom. The van der Waals surface area contributed by atoms with E-state index in [1.807, 2.05) is 0 Å². The molecule has 0 aromatic heterocycles. The summed E-state index contributed by atoms with van der Waals surface area (Å²) in [5, 5.41) is 0.